The second-order valence-electron chi connectivity index (χ2n) is 17.2. The third kappa shape index (κ3) is 23.5. The second kappa shape index (κ2) is 30.1. The molecule has 17 N–H and O–H groups in total. The largest absolute Gasteiger partial charge is 0.508 e. The fraction of sp³-hybridized carbons (Fsp3) is 0.581. The van der Waals surface area contributed by atoms with Crippen LogP contribution in [0.4, 0.5) is 0 Å². The van der Waals surface area contributed by atoms with Gasteiger partial charge in [0.1, 0.15) is 48.0 Å². The van der Waals surface area contributed by atoms with Gasteiger partial charge in [0.25, 0.3) is 0 Å². The third-order valence-electron chi connectivity index (χ3n) is 10.0. The molecule has 0 saturated carbocycles. The molecule has 1 rings (SSSR count). The molecular weight excluding hydrogens is 929 g/mol. The SMILES string of the molecule is CC(C)C[C@H](NC(=O)[C@H](CCC(=O)O)NC(=O)[C@H](C)NC(=O)[C@H](CC(C)C)NC(=O)[C@H](Cc1ccc(O)cc1)NC(=O)[C@H](CO)NC(=O)CNC(=O)[C@H](CC(=O)O)NC(=O)[C@@H](N)CCC(N)=O)C(=O)O. The van der Waals surface area contributed by atoms with Crippen molar-refractivity contribution in [2.24, 2.45) is 23.3 Å². The summed E-state index contributed by atoms with van der Waals surface area (Å²) in [6, 6.07) is -6.71. The number of aliphatic hydroxyl groups excluding tert-OH is 1. The minimum absolute atomic E-state index is 0.0274. The fourth-order valence-electron chi connectivity index (χ4n) is 6.32. The van der Waals surface area contributed by atoms with Crippen LogP contribution in [0.5, 0.6) is 5.75 Å². The van der Waals surface area contributed by atoms with Crippen LogP contribution in [-0.2, 0) is 64.0 Å². The maximum absolute atomic E-state index is 14.0. The molecule has 0 spiro atoms. The first kappa shape index (κ1) is 60.6. The molecule has 0 aliphatic rings. The lowest BCUT2D eigenvalue weighted by molar-refractivity contribution is -0.143. The number of rotatable bonds is 32. The minimum Gasteiger partial charge on any atom is -0.508 e. The lowest BCUT2D eigenvalue weighted by atomic mass is 10.0. The van der Waals surface area contributed by atoms with E-state index in [4.69, 9.17) is 11.5 Å². The van der Waals surface area contributed by atoms with E-state index < -0.39 is 152 Å². The summed E-state index contributed by atoms with van der Waals surface area (Å²) in [6.45, 7) is 6.10. The fourth-order valence-corrected chi connectivity index (χ4v) is 6.32. The summed E-state index contributed by atoms with van der Waals surface area (Å²) in [5.74, 6) is -13.8. The number of primary amides is 1. The van der Waals surface area contributed by atoms with Gasteiger partial charge in [-0.15, -0.1) is 0 Å². The number of carboxylic acid groups (broad SMARTS) is 3. The topological polar surface area (TPSA) is 454 Å². The molecule has 0 bridgehead atoms. The van der Waals surface area contributed by atoms with Crippen molar-refractivity contribution in [3.8, 4) is 5.75 Å². The molecule has 0 aliphatic carbocycles. The number of aliphatic carboxylic acids is 3. The first-order valence-corrected chi connectivity index (χ1v) is 22.1. The van der Waals surface area contributed by atoms with Crippen LogP contribution < -0.4 is 54.0 Å². The number of nitrogens with one attached hydrogen (secondary N) is 8. The van der Waals surface area contributed by atoms with Gasteiger partial charge in [0.2, 0.25) is 53.2 Å². The molecule has 70 heavy (non-hydrogen) atoms. The van der Waals surface area contributed by atoms with E-state index in [-0.39, 0.29) is 49.7 Å². The summed E-state index contributed by atoms with van der Waals surface area (Å²) >= 11 is 0. The number of nitrogens with two attached hydrogens (primary N) is 2. The maximum atomic E-state index is 14.0. The number of carbonyl (C=O) groups excluding carboxylic acids is 9. The quantitative estimate of drug-likeness (QED) is 0.0324. The molecule has 0 fully saturated rings. The van der Waals surface area contributed by atoms with Crippen molar-refractivity contribution in [1.82, 2.24) is 42.5 Å². The number of hydrogen-bond acceptors (Lipinski definition) is 15. The van der Waals surface area contributed by atoms with E-state index >= 15 is 0 Å². The molecular formula is C43H66N10O17. The van der Waals surface area contributed by atoms with Crippen LogP contribution in [-0.4, -0.2) is 158 Å². The number of hydrogen-bond donors (Lipinski definition) is 15. The summed E-state index contributed by atoms with van der Waals surface area (Å²) in [5.41, 5.74) is 11.1. The smallest absolute Gasteiger partial charge is 0.326 e. The zero-order valence-corrected chi connectivity index (χ0v) is 39.4. The van der Waals surface area contributed by atoms with Gasteiger partial charge in [0.15, 0.2) is 0 Å². The standard InChI is InChI=1S/C43H66N10O17/c1-20(2)14-27(40(66)47-22(5)36(62)49-26(11-13-34(58)59)39(65)53-30(43(69)70)15-21(3)4)51-41(67)28(16-23-6-8-24(55)9-7-23)52-42(68)31(19-54)48-33(57)18-46-38(64)29(17-35(60)61)50-37(63)25(44)10-12-32(45)56/h6-9,20-22,25-31,54-55H,10-19,44H2,1-5H3,(H2,45,56)(H,46,64)(H,47,66)(H,48,57)(H,49,62)(H,50,63)(H,51,67)(H,52,68)(H,53,65)(H,58,59)(H,60,61)(H,69,70)/t22-,25-,26-,27-,28-,29-,30-,31-/m0/s1. The third-order valence-corrected chi connectivity index (χ3v) is 10.0. The van der Waals surface area contributed by atoms with Gasteiger partial charge in [-0.25, -0.2) is 4.79 Å². The molecule has 27 heteroatoms. The van der Waals surface area contributed by atoms with E-state index in [0.29, 0.717) is 5.56 Å². The van der Waals surface area contributed by atoms with E-state index in [1.807, 2.05) is 0 Å². The van der Waals surface area contributed by atoms with Gasteiger partial charge in [-0.3, -0.25) is 52.7 Å². The van der Waals surface area contributed by atoms with Gasteiger partial charge >= 0.3 is 17.9 Å². The number of carbonyl (C=O) groups is 12. The van der Waals surface area contributed by atoms with Crippen molar-refractivity contribution in [2.75, 3.05) is 13.2 Å². The van der Waals surface area contributed by atoms with Crippen LogP contribution >= 0.6 is 0 Å². The Morgan fingerprint density at radius 3 is 1.57 bits per heavy atom. The van der Waals surface area contributed by atoms with E-state index in [0.717, 1.165) is 0 Å². The summed E-state index contributed by atoms with van der Waals surface area (Å²) in [4.78, 5) is 151. The molecule has 1 aromatic rings. The molecule has 0 saturated heterocycles. The van der Waals surface area contributed by atoms with Gasteiger partial charge in [0, 0.05) is 19.3 Å². The molecule has 390 valence electrons. The molecule has 9 amide bonds. The number of benzene rings is 1. The Balaban J connectivity index is 3.25. The van der Waals surface area contributed by atoms with Crippen molar-refractivity contribution in [3.63, 3.8) is 0 Å². The average Bonchev–Trinajstić information content (AvgIpc) is 3.26. The monoisotopic (exact) mass is 994 g/mol. The highest BCUT2D eigenvalue weighted by atomic mass is 16.4. The Bertz CT molecular complexity index is 2030. The highest BCUT2D eigenvalue weighted by molar-refractivity contribution is 5.98. The van der Waals surface area contributed by atoms with Crippen LogP contribution in [0.1, 0.15) is 85.1 Å². The van der Waals surface area contributed by atoms with E-state index in [1.54, 1.807) is 27.7 Å². The maximum Gasteiger partial charge on any atom is 0.326 e. The minimum atomic E-state index is -1.78. The van der Waals surface area contributed by atoms with Gasteiger partial charge in [-0.05, 0) is 62.1 Å². The Hall–Kier alpha value is -7.42. The lowest BCUT2D eigenvalue weighted by Gasteiger charge is -2.27. The Morgan fingerprint density at radius 2 is 1.04 bits per heavy atom. The van der Waals surface area contributed by atoms with Crippen molar-refractivity contribution in [1.29, 1.82) is 0 Å². The van der Waals surface area contributed by atoms with Crippen molar-refractivity contribution in [3.05, 3.63) is 29.8 Å². The summed E-state index contributed by atoms with van der Waals surface area (Å²) < 4.78 is 0. The van der Waals surface area contributed by atoms with Crippen molar-refractivity contribution >= 4 is 71.1 Å². The molecule has 0 unspecified atom stereocenters. The molecule has 0 aromatic heterocycles. The van der Waals surface area contributed by atoms with Crippen molar-refractivity contribution in [2.45, 2.75) is 134 Å². The van der Waals surface area contributed by atoms with Gasteiger partial charge in [-0.1, -0.05) is 39.8 Å². The van der Waals surface area contributed by atoms with E-state index in [9.17, 15) is 83.1 Å². The number of phenols is 1. The highest BCUT2D eigenvalue weighted by Gasteiger charge is 2.34. The second-order valence-corrected chi connectivity index (χ2v) is 17.2. The number of amides is 9. The Morgan fingerprint density at radius 1 is 0.543 bits per heavy atom. The van der Waals surface area contributed by atoms with E-state index in [1.165, 1.54) is 31.2 Å². The predicted molar refractivity (Wildman–Crippen MR) is 243 cm³/mol. The predicted octanol–water partition coefficient (Wildman–Crippen LogP) is -4.43. The lowest BCUT2D eigenvalue weighted by Crippen LogP contribution is -2.60. The summed E-state index contributed by atoms with van der Waals surface area (Å²) in [5, 5.41) is 66.3. The first-order chi connectivity index (χ1) is 32.6. The average molecular weight is 995 g/mol. The number of aliphatic hydroxyl groups is 1. The number of carboxylic acids is 3. The van der Waals surface area contributed by atoms with Crippen LogP contribution in [0.15, 0.2) is 24.3 Å². The zero-order chi connectivity index (χ0) is 53.4. The molecule has 1 aromatic carbocycles. The Kier molecular flexibility index (Phi) is 26.1. The highest BCUT2D eigenvalue weighted by Crippen LogP contribution is 2.13. The van der Waals surface area contributed by atoms with Crippen LogP contribution in [0.2, 0.25) is 0 Å². The summed E-state index contributed by atoms with van der Waals surface area (Å²) in [7, 11) is 0. The van der Waals surface area contributed by atoms with Crippen LogP contribution in [0.25, 0.3) is 0 Å². The summed E-state index contributed by atoms with van der Waals surface area (Å²) in [6.07, 6.45) is -2.78. The first-order valence-electron chi connectivity index (χ1n) is 22.1. The van der Waals surface area contributed by atoms with Crippen LogP contribution in [0.3, 0.4) is 0 Å². The van der Waals surface area contributed by atoms with E-state index in [2.05, 4.69) is 42.5 Å². The van der Waals surface area contributed by atoms with Gasteiger partial charge in [0.05, 0.1) is 25.6 Å². The number of phenolic OH excluding ortho intramolecular Hbond substituents is 1. The van der Waals surface area contributed by atoms with Gasteiger partial charge in [-0.2, -0.15) is 0 Å². The molecule has 0 aliphatic heterocycles. The Labute approximate surface area is 402 Å². The molecule has 0 heterocycles. The zero-order valence-electron chi connectivity index (χ0n) is 39.4. The molecule has 27 nitrogen and oxygen atoms in total. The molecule has 8 atom stereocenters. The van der Waals surface area contributed by atoms with Crippen LogP contribution in [0, 0.1) is 11.8 Å². The number of aromatic hydroxyl groups is 1. The van der Waals surface area contributed by atoms with Crippen molar-refractivity contribution < 1.29 is 83.1 Å². The van der Waals surface area contributed by atoms with Gasteiger partial charge < -0.3 is 79.5 Å². The molecule has 0 radical (unpaired) electrons. The normalized spacial score (nSPS) is 14.4.